The maximum atomic E-state index is 8.74. The van der Waals surface area contributed by atoms with Crippen LogP contribution in [0, 0.1) is 0 Å². The predicted octanol–water partition coefficient (Wildman–Crippen LogP) is -1.78. The fourth-order valence-electron chi connectivity index (χ4n) is 0. The Labute approximate surface area is 55.6 Å². The first-order valence-electron chi connectivity index (χ1n) is 0.698. The lowest BCUT2D eigenvalue weighted by Crippen LogP contribution is -1.89. The Kier molecular flexibility index (Phi) is 11.1. The van der Waals surface area contributed by atoms with Crippen molar-refractivity contribution < 1.29 is 17.5 Å². The van der Waals surface area contributed by atoms with Gasteiger partial charge in [-0.25, -0.2) is 0 Å². The zero-order valence-electron chi connectivity index (χ0n) is 2.83. The predicted molar refractivity (Wildman–Crippen MR) is 35.2 cm³/mol. The summed E-state index contributed by atoms with van der Waals surface area (Å²) in [5, 5.41) is 0. The van der Waals surface area contributed by atoms with Crippen molar-refractivity contribution in [3.63, 3.8) is 0 Å². The van der Waals surface area contributed by atoms with Gasteiger partial charge in [-0.3, -0.25) is 9.11 Å². The van der Waals surface area contributed by atoms with Gasteiger partial charge in [0.1, 0.15) is 0 Å². The van der Waals surface area contributed by atoms with E-state index in [1.54, 1.807) is 0 Å². The van der Waals surface area contributed by atoms with E-state index in [1.165, 1.54) is 0 Å². The van der Waals surface area contributed by atoms with E-state index in [0.29, 0.717) is 0 Å². The van der Waals surface area contributed by atoms with Crippen molar-refractivity contribution in [3.05, 3.63) is 0 Å². The Morgan fingerprint density at radius 1 is 1.14 bits per heavy atom. The van der Waals surface area contributed by atoms with Crippen molar-refractivity contribution in [2.24, 2.45) is 0 Å². The maximum absolute atomic E-state index is 8.74. The zero-order chi connectivity index (χ0) is 4.50. The molecular formula is H8AlO4PS. The molecule has 7 heavy (non-hydrogen) atoms. The first-order chi connectivity index (χ1) is 2.00. The van der Waals surface area contributed by atoms with Crippen LogP contribution in [0.1, 0.15) is 0 Å². The van der Waals surface area contributed by atoms with E-state index in [4.69, 9.17) is 17.5 Å². The summed E-state index contributed by atoms with van der Waals surface area (Å²) in [6, 6.07) is 0. The molecule has 0 aromatic rings. The smallest absolute Gasteiger partial charge is 0.264 e. The van der Waals surface area contributed by atoms with Gasteiger partial charge in [0.15, 0.2) is 17.4 Å². The van der Waals surface area contributed by atoms with Crippen LogP contribution in [0.15, 0.2) is 0 Å². The molecule has 2 N–H and O–H groups in total. The Morgan fingerprint density at radius 3 is 1.14 bits per heavy atom. The van der Waals surface area contributed by atoms with E-state index >= 15 is 0 Å². The average molecular weight is 162 g/mol. The minimum atomic E-state index is -4.67. The van der Waals surface area contributed by atoms with Gasteiger partial charge < -0.3 is 0 Å². The molecular weight excluding hydrogens is 154 g/mol. The summed E-state index contributed by atoms with van der Waals surface area (Å²) in [5.74, 6) is 0. The highest BCUT2D eigenvalue weighted by Crippen LogP contribution is 1.59. The molecule has 0 fully saturated rings. The second-order valence-electron chi connectivity index (χ2n) is 0.448. The van der Waals surface area contributed by atoms with Crippen LogP contribution in [0.3, 0.4) is 0 Å². The fourth-order valence-corrected chi connectivity index (χ4v) is 0. The number of hydrogen-bond donors (Lipinski definition) is 2. The third kappa shape index (κ3) is 230. The number of hydrogen-bond acceptors (Lipinski definition) is 2. The highest BCUT2D eigenvalue weighted by molar-refractivity contribution is 7.79. The molecule has 0 aromatic carbocycles. The summed E-state index contributed by atoms with van der Waals surface area (Å²) in [6.45, 7) is 0. The van der Waals surface area contributed by atoms with Crippen LogP contribution < -0.4 is 0 Å². The van der Waals surface area contributed by atoms with Crippen LogP contribution >= 0.6 is 9.90 Å². The molecule has 0 amide bonds. The Balaban J connectivity index is -0.0000000800. The average Bonchev–Trinajstić information content (AvgIpc) is 0.722. The van der Waals surface area contributed by atoms with Crippen molar-refractivity contribution in [3.8, 4) is 0 Å². The van der Waals surface area contributed by atoms with Crippen LogP contribution in [0.2, 0.25) is 0 Å². The molecule has 0 aliphatic rings. The van der Waals surface area contributed by atoms with Gasteiger partial charge in [0, 0.05) is 0 Å². The van der Waals surface area contributed by atoms with E-state index in [0.717, 1.165) is 0 Å². The van der Waals surface area contributed by atoms with E-state index in [-0.39, 0.29) is 27.3 Å². The normalized spacial score (nSPS) is 8.29. The third-order valence-electron chi connectivity index (χ3n) is 0. The SMILES string of the molecule is O=S(=O)(O)O.P.[AlH3]. The fraction of sp³-hybridized carbons (Fsp3) is 0. The van der Waals surface area contributed by atoms with Crippen molar-refractivity contribution in [2.75, 3.05) is 0 Å². The Bertz CT molecular complexity index is 94.9. The van der Waals surface area contributed by atoms with E-state index < -0.39 is 10.4 Å². The standard InChI is InChI=1S/Al.H2O4S.H3P.3H/c;1-5(2,3)4;;;;/h;(H2,1,2,3,4);1H3;;;. The molecule has 0 heterocycles. The summed E-state index contributed by atoms with van der Waals surface area (Å²) in [5.41, 5.74) is 0. The third-order valence-corrected chi connectivity index (χ3v) is 0. The quantitative estimate of drug-likeness (QED) is 0.251. The first-order valence-corrected chi connectivity index (χ1v) is 2.10. The zero-order valence-corrected chi connectivity index (χ0v) is 5.06. The van der Waals surface area contributed by atoms with Gasteiger partial charge in [-0.1, -0.05) is 0 Å². The van der Waals surface area contributed by atoms with Gasteiger partial charge in [0.2, 0.25) is 0 Å². The summed E-state index contributed by atoms with van der Waals surface area (Å²) in [4.78, 5) is 0. The van der Waals surface area contributed by atoms with Gasteiger partial charge >= 0.3 is 10.4 Å². The minimum Gasteiger partial charge on any atom is -0.264 e. The molecule has 0 spiro atoms. The second-order valence-corrected chi connectivity index (χ2v) is 1.34. The van der Waals surface area contributed by atoms with Crippen molar-refractivity contribution >= 4 is 37.7 Å². The molecule has 46 valence electrons. The molecule has 0 rings (SSSR count). The van der Waals surface area contributed by atoms with Crippen molar-refractivity contribution in [1.29, 1.82) is 0 Å². The monoisotopic (exact) mass is 162 g/mol. The van der Waals surface area contributed by atoms with Crippen LogP contribution in [0.25, 0.3) is 0 Å². The largest absolute Gasteiger partial charge is 0.394 e. The van der Waals surface area contributed by atoms with Gasteiger partial charge in [0.25, 0.3) is 0 Å². The lowest BCUT2D eigenvalue weighted by molar-refractivity contribution is 0.381. The van der Waals surface area contributed by atoms with Crippen LogP contribution in [0.5, 0.6) is 0 Å². The number of rotatable bonds is 0. The molecule has 1 unspecified atom stereocenters. The van der Waals surface area contributed by atoms with Crippen LogP contribution in [-0.4, -0.2) is 34.9 Å². The van der Waals surface area contributed by atoms with Gasteiger partial charge in [-0.15, -0.1) is 0 Å². The molecule has 0 aliphatic heterocycles. The molecule has 4 nitrogen and oxygen atoms in total. The highest BCUT2D eigenvalue weighted by Gasteiger charge is 1.84. The lowest BCUT2D eigenvalue weighted by atomic mass is 15.8. The summed E-state index contributed by atoms with van der Waals surface area (Å²) in [7, 11) is -4.67. The molecule has 0 bridgehead atoms. The Morgan fingerprint density at radius 2 is 1.14 bits per heavy atom. The molecule has 0 aliphatic carbocycles. The minimum absolute atomic E-state index is 0. The van der Waals surface area contributed by atoms with E-state index in [2.05, 4.69) is 0 Å². The van der Waals surface area contributed by atoms with Gasteiger partial charge in [-0.2, -0.15) is 18.3 Å². The van der Waals surface area contributed by atoms with Gasteiger partial charge in [-0.05, 0) is 0 Å². The van der Waals surface area contributed by atoms with Crippen LogP contribution in [0.4, 0.5) is 0 Å². The lowest BCUT2D eigenvalue weighted by Gasteiger charge is -1.68. The first kappa shape index (κ1) is 15.7. The second kappa shape index (κ2) is 4.98. The molecule has 0 saturated heterocycles. The molecule has 0 saturated carbocycles. The highest BCUT2D eigenvalue weighted by atomic mass is 32.3. The van der Waals surface area contributed by atoms with Crippen molar-refractivity contribution in [2.45, 2.75) is 0 Å². The molecule has 1 atom stereocenters. The topological polar surface area (TPSA) is 74.6 Å². The van der Waals surface area contributed by atoms with E-state index in [9.17, 15) is 0 Å². The van der Waals surface area contributed by atoms with Crippen LogP contribution in [-0.2, 0) is 10.4 Å². The Hall–Kier alpha value is 0.832. The summed E-state index contributed by atoms with van der Waals surface area (Å²) < 4.78 is 31.6. The van der Waals surface area contributed by atoms with Crippen molar-refractivity contribution in [1.82, 2.24) is 0 Å². The van der Waals surface area contributed by atoms with E-state index in [1.807, 2.05) is 0 Å². The van der Waals surface area contributed by atoms with Gasteiger partial charge in [0.05, 0.1) is 0 Å². The molecule has 7 heteroatoms. The maximum Gasteiger partial charge on any atom is 0.394 e. The summed E-state index contributed by atoms with van der Waals surface area (Å²) >= 11 is 0. The molecule has 0 radical (unpaired) electrons. The molecule has 0 aromatic heterocycles. The summed E-state index contributed by atoms with van der Waals surface area (Å²) in [6.07, 6.45) is 0.